The highest BCUT2D eigenvalue weighted by atomic mass is 32.1. The molecule has 0 bridgehead atoms. The number of hydrogen-bond donors (Lipinski definition) is 2. The molecule has 11 heteroatoms. The molecule has 0 unspecified atom stereocenters. The molecule has 0 aliphatic heterocycles. The summed E-state index contributed by atoms with van der Waals surface area (Å²) in [4.78, 5) is 0. The van der Waals surface area contributed by atoms with Gasteiger partial charge >= 0.3 is 12.4 Å². The Balaban J connectivity index is 2.50. The summed E-state index contributed by atoms with van der Waals surface area (Å²) in [5.41, 5.74) is 0.262. The molecule has 1 rings (SSSR count). The topological polar surface area (TPSA) is 33.3 Å². The van der Waals surface area contributed by atoms with Crippen LogP contribution in [0.15, 0.2) is 18.2 Å². The van der Waals surface area contributed by atoms with Crippen molar-refractivity contribution in [3.05, 3.63) is 29.6 Å². The van der Waals surface area contributed by atoms with Gasteiger partial charge in [-0.3, -0.25) is 0 Å². The molecule has 0 amide bonds. The van der Waals surface area contributed by atoms with Crippen molar-refractivity contribution in [2.75, 3.05) is 13.2 Å². The van der Waals surface area contributed by atoms with Crippen LogP contribution in [0.5, 0.6) is 5.75 Å². The van der Waals surface area contributed by atoms with Crippen molar-refractivity contribution in [2.45, 2.75) is 18.9 Å². The monoisotopic (exact) mass is 364 g/mol. The normalized spacial score (nSPS) is 12.0. The van der Waals surface area contributed by atoms with Crippen LogP contribution in [0.2, 0.25) is 0 Å². The third-order valence-electron chi connectivity index (χ3n) is 2.29. The van der Waals surface area contributed by atoms with Gasteiger partial charge in [0.25, 0.3) is 0 Å². The van der Waals surface area contributed by atoms with E-state index in [-0.39, 0.29) is 17.2 Å². The second kappa shape index (κ2) is 7.66. The van der Waals surface area contributed by atoms with Crippen LogP contribution in [-0.2, 0) is 6.54 Å². The van der Waals surface area contributed by atoms with Gasteiger partial charge in [0, 0.05) is 6.54 Å². The van der Waals surface area contributed by atoms with Gasteiger partial charge in [0.15, 0.2) is 23.3 Å². The van der Waals surface area contributed by atoms with E-state index in [1.807, 2.05) is 5.32 Å². The standard InChI is InChI=1S/C12H11F7N2OS/c13-8-3-7(1-2-9(8)22-6-12(17,18)19)4-20-10(23)21-5-11(14,15)16/h1-3H,4-6H2,(H2,20,21,23). The van der Waals surface area contributed by atoms with Crippen LogP contribution in [0, 0.1) is 5.82 Å². The molecule has 0 spiro atoms. The highest BCUT2D eigenvalue weighted by Crippen LogP contribution is 2.22. The smallest absolute Gasteiger partial charge is 0.422 e. The first kappa shape index (κ1) is 19.3. The average molecular weight is 364 g/mol. The summed E-state index contributed by atoms with van der Waals surface area (Å²) in [6.45, 7) is -3.06. The Morgan fingerprint density at radius 2 is 1.70 bits per heavy atom. The van der Waals surface area contributed by atoms with Gasteiger partial charge in [0.1, 0.15) is 6.54 Å². The van der Waals surface area contributed by atoms with Crippen molar-refractivity contribution >= 4 is 17.3 Å². The molecule has 0 aromatic heterocycles. The largest absolute Gasteiger partial charge is 0.481 e. The molecule has 0 aliphatic carbocycles. The lowest BCUT2D eigenvalue weighted by molar-refractivity contribution is -0.153. The first-order chi connectivity index (χ1) is 10.5. The zero-order chi connectivity index (χ0) is 17.7. The molecule has 0 saturated heterocycles. The van der Waals surface area contributed by atoms with Crippen molar-refractivity contribution in [2.24, 2.45) is 0 Å². The summed E-state index contributed by atoms with van der Waals surface area (Å²) in [5, 5.41) is 4.02. The predicted molar refractivity (Wildman–Crippen MR) is 71.4 cm³/mol. The van der Waals surface area contributed by atoms with Crippen LogP contribution in [0.3, 0.4) is 0 Å². The number of rotatable bonds is 5. The van der Waals surface area contributed by atoms with Gasteiger partial charge in [0.05, 0.1) is 0 Å². The molecular weight excluding hydrogens is 353 g/mol. The summed E-state index contributed by atoms with van der Waals surface area (Å²) in [7, 11) is 0. The Morgan fingerprint density at radius 1 is 1.04 bits per heavy atom. The van der Waals surface area contributed by atoms with Crippen molar-refractivity contribution in [3.63, 3.8) is 0 Å². The number of halogens is 7. The van der Waals surface area contributed by atoms with Gasteiger partial charge in [-0.15, -0.1) is 0 Å². The number of benzene rings is 1. The SMILES string of the molecule is Fc1cc(CNC(=S)NCC(F)(F)F)ccc1OCC(F)(F)F. The number of ether oxygens (including phenoxy) is 1. The van der Waals surface area contributed by atoms with Crippen LogP contribution in [0.4, 0.5) is 30.7 Å². The predicted octanol–water partition coefficient (Wildman–Crippen LogP) is 3.29. The van der Waals surface area contributed by atoms with E-state index in [9.17, 15) is 30.7 Å². The fourth-order valence-electron chi connectivity index (χ4n) is 1.36. The molecule has 0 fully saturated rings. The van der Waals surface area contributed by atoms with Gasteiger partial charge in [-0.25, -0.2) is 4.39 Å². The molecule has 1 aromatic carbocycles. The van der Waals surface area contributed by atoms with Gasteiger partial charge in [-0.1, -0.05) is 6.07 Å². The molecule has 2 N–H and O–H groups in total. The number of alkyl halides is 6. The van der Waals surface area contributed by atoms with Gasteiger partial charge < -0.3 is 15.4 Å². The second-order valence-electron chi connectivity index (χ2n) is 4.32. The van der Waals surface area contributed by atoms with E-state index < -0.39 is 37.1 Å². The molecule has 130 valence electrons. The summed E-state index contributed by atoms with van der Waals surface area (Å²) in [5.74, 6) is -1.61. The van der Waals surface area contributed by atoms with E-state index in [1.54, 1.807) is 0 Å². The van der Waals surface area contributed by atoms with E-state index in [0.717, 1.165) is 12.1 Å². The highest BCUT2D eigenvalue weighted by molar-refractivity contribution is 7.80. The van der Waals surface area contributed by atoms with Crippen LogP contribution in [0.1, 0.15) is 5.56 Å². The summed E-state index contributed by atoms with van der Waals surface area (Å²) >= 11 is 4.60. The molecule has 0 heterocycles. The summed E-state index contributed by atoms with van der Waals surface area (Å²) in [6, 6.07) is 3.14. The molecule has 0 saturated carbocycles. The molecule has 0 aliphatic rings. The van der Waals surface area contributed by atoms with Gasteiger partial charge in [-0.05, 0) is 29.9 Å². The van der Waals surface area contributed by atoms with Crippen molar-refractivity contribution in [1.82, 2.24) is 10.6 Å². The van der Waals surface area contributed by atoms with Gasteiger partial charge in [-0.2, -0.15) is 26.3 Å². The Hall–Kier alpha value is -1.78. The highest BCUT2D eigenvalue weighted by Gasteiger charge is 2.29. The minimum absolute atomic E-state index is 0.111. The second-order valence-corrected chi connectivity index (χ2v) is 4.73. The van der Waals surface area contributed by atoms with E-state index in [4.69, 9.17) is 0 Å². The zero-order valence-corrected chi connectivity index (χ0v) is 12.1. The Labute approximate surface area is 131 Å². The maximum Gasteiger partial charge on any atom is 0.422 e. The quantitative estimate of drug-likeness (QED) is 0.621. The van der Waals surface area contributed by atoms with Crippen LogP contribution in [0.25, 0.3) is 0 Å². The molecule has 1 aromatic rings. The molecule has 23 heavy (non-hydrogen) atoms. The van der Waals surface area contributed by atoms with E-state index in [1.165, 1.54) is 6.07 Å². The maximum atomic E-state index is 13.5. The lowest BCUT2D eigenvalue weighted by Crippen LogP contribution is -2.40. The number of nitrogens with one attached hydrogen (secondary N) is 2. The van der Waals surface area contributed by atoms with Crippen LogP contribution in [-0.4, -0.2) is 30.6 Å². The Morgan fingerprint density at radius 3 is 2.22 bits per heavy atom. The Bertz CT molecular complexity index is 545. The van der Waals surface area contributed by atoms with Crippen molar-refractivity contribution in [1.29, 1.82) is 0 Å². The molecule has 0 atom stereocenters. The van der Waals surface area contributed by atoms with Gasteiger partial charge in [0.2, 0.25) is 0 Å². The minimum Gasteiger partial charge on any atom is -0.481 e. The van der Waals surface area contributed by atoms with E-state index in [0.29, 0.717) is 0 Å². The average Bonchev–Trinajstić information content (AvgIpc) is 2.40. The first-order valence-corrected chi connectivity index (χ1v) is 6.43. The molecule has 0 radical (unpaired) electrons. The summed E-state index contributed by atoms with van der Waals surface area (Å²) in [6.07, 6.45) is -9.03. The van der Waals surface area contributed by atoms with E-state index >= 15 is 0 Å². The maximum absolute atomic E-state index is 13.5. The van der Waals surface area contributed by atoms with Crippen LogP contribution < -0.4 is 15.4 Å². The third kappa shape index (κ3) is 8.43. The van der Waals surface area contributed by atoms with Crippen molar-refractivity contribution in [3.8, 4) is 5.75 Å². The van der Waals surface area contributed by atoms with E-state index in [2.05, 4.69) is 22.3 Å². The lowest BCUT2D eigenvalue weighted by Gasteiger charge is -2.13. The third-order valence-corrected chi connectivity index (χ3v) is 2.58. The first-order valence-electron chi connectivity index (χ1n) is 6.03. The summed E-state index contributed by atoms with van der Waals surface area (Å²) < 4.78 is 89.5. The number of hydrogen-bond acceptors (Lipinski definition) is 2. The fourth-order valence-corrected chi connectivity index (χ4v) is 1.50. The minimum atomic E-state index is -4.59. The molecular formula is C12H11F7N2OS. The van der Waals surface area contributed by atoms with Crippen molar-refractivity contribution < 1.29 is 35.5 Å². The fraction of sp³-hybridized carbons (Fsp3) is 0.417. The van der Waals surface area contributed by atoms with Crippen LogP contribution >= 0.6 is 12.2 Å². The zero-order valence-electron chi connectivity index (χ0n) is 11.3. The Kier molecular flexibility index (Phi) is 6.42. The molecule has 3 nitrogen and oxygen atoms in total. The number of thiocarbonyl (C=S) groups is 1. The lowest BCUT2D eigenvalue weighted by atomic mass is 10.2.